The van der Waals surface area contributed by atoms with Gasteiger partial charge in [0.25, 0.3) is 0 Å². The SMILES string of the molecule is CC1(C)C2=C(C=CC(N(c3ccc(-c4ccccc4)cc3)c3cccc4c3-c3ccccc3C43c4ccccc4-c4ccccc43)C2)c2ccccc21. The molecule has 11 rings (SSSR count). The van der Waals surface area contributed by atoms with Crippen LogP contribution in [0.3, 0.4) is 0 Å². The van der Waals surface area contributed by atoms with Crippen LogP contribution in [-0.4, -0.2) is 6.04 Å². The maximum Gasteiger partial charge on any atom is 0.0726 e. The molecule has 4 aliphatic rings. The quantitative estimate of drug-likeness (QED) is 0.179. The van der Waals surface area contributed by atoms with Gasteiger partial charge in [-0.05, 0) is 97.0 Å². The van der Waals surface area contributed by atoms with Crippen molar-refractivity contribution >= 4 is 16.9 Å². The number of hydrogen-bond donors (Lipinski definition) is 0. The van der Waals surface area contributed by atoms with E-state index in [2.05, 4.69) is 201 Å². The van der Waals surface area contributed by atoms with Crippen molar-refractivity contribution in [3.63, 3.8) is 0 Å². The van der Waals surface area contributed by atoms with Gasteiger partial charge in [-0.1, -0.05) is 178 Å². The van der Waals surface area contributed by atoms with Gasteiger partial charge in [0.15, 0.2) is 0 Å². The van der Waals surface area contributed by atoms with E-state index in [-0.39, 0.29) is 16.9 Å². The van der Waals surface area contributed by atoms with Gasteiger partial charge in [0, 0.05) is 22.4 Å². The van der Waals surface area contributed by atoms with Crippen molar-refractivity contribution in [2.24, 2.45) is 0 Å². The van der Waals surface area contributed by atoms with Gasteiger partial charge >= 0.3 is 0 Å². The summed E-state index contributed by atoms with van der Waals surface area (Å²) in [7, 11) is 0. The summed E-state index contributed by atoms with van der Waals surface area (Å²) in [5, 5.41) is 0. The molecule has 0 N–H and O–H groups in total. The van der Waals surface area contributed by atoms with Crippen LogP contribution < -0.4 is 4.90 Å². The number of anilines is 2. The van der Waals surface area contributed by atoms with Gasteiger partial charge in [-0.25, -0.2) is 0 Å². The zero-order valence-corrected chi connectivity index (χ0v) is 30.1. The van der Waals surface area contributed by atoms with Crippen LogP contribution in [0.15, 0.2) is 188 Å². The second-order valence-corrected chi connectivity index (χ2v) is 15.6. The third kappa shape index (κ3) is 4.08. The second-order valence-electron chi connectivity index (χ2n) is 15.6. The Morgan fingerprint density at radius 2 is 1.00 bits per heavy atom. The lowest BCUT2D eigenvalue weighted by Gasteiger charge is -2.38. The highest BCUT2D eigenvalue weighted by Gasteiger charge is 2.52. The smallest absolute Gasteiger partial charge is 0.0726 e. The molecule has 7 aromatic rings. The molecule has 1 atom stereocenters. The van der Waals surface area contributed by atoms with Crippen molar-refractivity contribution in [1.82, 2.24) is 0 Å². The number of hydrogen-bond acceptors (Lipinski definition) is 1. The van der Waals surface area contributed by atoms with Gasteiger partial charge in [0.05, 0.1) is 11.5 Å². The fraction of sp³-hybridized carbons (Fsp3) is 0.115. The highest BCUT2D eigenvalue weighted by molar-refractivity contribution is 6.00. The zero-order valence-electron chi connectivity index (χ0n) is 30.1. The zero-order chi connectivity index (χ0) is 35.3. The third-order valence-electron chi connectivity index (χ3n) is 12.7. The largest absolute Gasteiger partial charge is 0.334 e. The Labute approximate surface area is 312 Å². The summed E-state index contributed by atoms with van der Waals surface area (Å²) >= 11 is 0. The molecular weight excluding hydrogens is 639 g/mol. The van der Waals surface area contributed by atoms with Crippen LogP contribution >= 0.6 is 0 Å². The summed E-state index contributed by atoms with van der Waals surface area (Å²) in [4.78, 5) is 2.65. The van der Waals surface area contributed by atoms with Crippen LogP contribution in [-0.2, 0) is 10.8 Å². The second kappa shape index (κ2) is 11.2. The minimum absolute atomic E-state index is 0.0374. The van der Waals surface area contributed by atoms with Crippen LogP contribution in [0, 0.1) is 0 Å². The third-order valence-corrected chi connectivity index (χ3v) is 12.7. The van der Waals surface area contributed by atoms with Crippen LogP contribution in [0.4, 0.5) is 11.4 Å². The lowest BCUT2D eigenvalue weighted by Crippen LogP contribution is -2.34. The molecule has 0 aromatic heterocycles. The Balaban J connectivity index is 1.14. The number of benzene rings is 7. The van der Waals surface area contributed by atoms with E-state index in [0.29, 0.717) is 0 Å². The van der Waals surface area contributed by atoms with Crippen molar-refractivity contribution in [2.45, 2.75) is 37.1 Å². The molecule has 1 spiro atoms. The predicted octanol–water partition coefficient (Wildman–Crippen LogP) is 12.9. The minimum atomic E-state index is -0.384. The molecule has 0 radical (unpaired) electrons. The number of nitrogens with zero attached hydrogens (tertiary/aromatic N) is 1. The Hall–Kier alpha value is -6.18. The standard InChI is InChI=1S/C52H39N/c1-51(2)43-21-10-6-17-38(43)41-32-31-37(33-48(41)51)53(36-29-27-35(28-30-36)34-15-4-3-5-16-34)49-26-14-25-47-50(49)42-20-9-13-24-46(42)52(47)44-22-11-7-18-39(44)40-19-8-12-23-45(40)52/h3-32,37H,33H2,1-2H3. The molecule has 0 fully saturated rings. The fourth-order valence-corrected chi connectivity index (χ4v) is 10.4. The molecule has 0 bridgehead atoms. The topological polar surface area (TPSA) is 3.24 Å². The van der Waals surface area contributed by atoms with Gasteiger partial charge in [-0.15, -0.1) is 0 Å². The molecule has 0 heterocycles. The Morgan fingerprint density at radius 3 is 1.68 bits per heavy atom. The van der Waals surface area contributed by atoms with Crippen LogP contribution in [0.5, 0.6) is 0 Å². The van der Waals surface area contributed by atoms with E-state index in [0.717, 1.165) is 6.42 Å². The number of fused-ring (bicyclic) bond motifs is 12. The number of allylic oxidation sites excluding steroid dienone is 2. The van der Waals surface area contributed by atoms with Crippen molar-refractivity contribution in [1.29, 1.82) is 0 Å². The van der Waals surface area contributed by atoms with Crippen molar-refractivity contribution in [3.8, 4) is 33.4 Å². The maximum atomic E-state index is 2.65. The summed E-state index contributed by atoms with van der Waals surface area (Å²) < 4.78 is 0. The monoisotopic (exact) mass is 677 g/mol. The highest BCUT2D eigenvalue weighted by Crippen LogP contribution is 2.64. The summed E-state index contributed by atoms with van der Waals surface area (Å²) in [6.45, 7) is 4.83. The van der Waals surface area contributed by atoms with Gasteiger partial charge in [-0.3, -0.25) is 0 Å². The van der Waals surface area contributed by atoms with Crippen LogP contribution in [0.1, 0.15) is 53.6 Å². The van der Waals surface area contributed by atoms with Crippen LogP contribution in [0.25, 0.3) is 39.0 Å². The molecule has 1 heteroatoms. The molecule has 0 saturated carbocycles. The Morgan fingerprint density at radius 1 is 0.472 bits per heavy atom. The van der Waals surface area contributed by atoms with Crippen molar-refractivity contribution in [3.05, 3.63) is 221 Å². The Bertz CT molecular complexity index is 2630. The molecule has 1 nitrogen and oxygen atoms in total. The van der Waals surface area contributed by atoms with Gasteiger partial charge < -0.3 is 4.90 Å². The minimum Gasteiger partial charge on any atom is -0.334 e. The summed E-state index contributed by atoms with van der Waals surface area (Å²) in [5.74, 6) is 0. The number of rotatable bonds is 4. The van der Waals surface area contributed by atoms with E-state index in [9.17, 15) is 0 Å². The van der Waals surface area contributed by atoms with Crippen molar-refractivity contribution < 1.29 is 0 Å². The van der Waals surface area contributed by atoms with E-state index in [4.69, 9.17) is 0 Å². The van der Waals surface area contributed by atoms with E-state index in [1.807, 2.05) is 0 Å². The van der Waals surface area contributed by atoms with Crippen LogP contribution in [0.2, 0.25) is 0 Å². The molecule has 0 amide bonds. The van der Waals surface area contributed by atoms with Gasteiger partial charge in [0.2, 0.25) is 0 Å². The average molecular weight is 678 g/mol. The average Bonchev–Trinajstić information content (AvgIpc) is 3.78. The first-order chi connectivity index (χ1) is 26.1. The molecule has 4 aliphatic carbocycles. The van der Waals surface area contributed by atoms with E-state index < -0.39 is 0 Å². The summed E-state index contributed by atoms with van der Waals surface area (Å²) in [6, 6.07) is 63.6. The predicted molar refractivity (Wildman–Crippen MR) is 221 cm³/mol. The van der Waals surface area contributed by atoms with Gasteiger partial charge in [-0.2, -0.15) is 0 Å². The highest BCUT2D eigenvalue weighted by atomic mass is 15.2. The summed E-state index contributed by atoms with van der Waals surface area (Å²) in [5.41, 5.74) is 21.1. The van der Waals surface area contributed by atoms with E-state index in [1.165, 1.54) is 89.3 Å². The first kappa shape index (κ1) is 30.4. The molecule has 1 unspecified atom stereocenters. The fourth-order valence-electron chi connectivity index (χ4n) is 10.4. The van der Waals surface area contributed by atoms with E-state index in [1.54, 1.807) is 0 Å². The lowest BCUT2D eigenvalue weighted by molar-refractivity contribution is 0.585. The first-order valence-electron chi connectivity index (χ1n) is 19.0. The maximum absolute atomic E-state index is 2.65. The molecule has 252 valence electrons. The first-order valence-corrected chi connectivity index (χ1v) is 19.0. The molecule has 0 aliphatic heterocycles. The summed E-state index contributed by atoms with van der Waals surface area (Å²) in [6.07, 6.45) is 5.85. The molecular formula is C52H39N. The normalized spacial score (nSPS) is 17.5. The molecule has 7 aromatic carbocycles. The van der Waals surface area contributed by atoms with Gasteiger partial charge in [0.1, 0.15) is 0 Å². The molecule has 0 saturated heterocycles. The van der Waals surface area contributed by atoms with E-state index >= 15 is 0 Å². The lowest BCUT2D eigenvalue weighted by atomic mass is 9.70. The molecule has 53 heavy (non-hydrogen) atoms. The Kier molecular flexibility index (Phi) is 6.41. The van der Waals surface area contributed by atoms with Crippen molar-refractivity contribution in [2.75, 3.05) is 4.90 Å².